The molecular weight excluding hydrogens is 396 g/mol. The molecule has 30 heavy (non-hydrogen) atoms. The van der Waals surface area contributed by atoms with E-state index in [1.165, 1.54) is 22.9 Å². The molecule has 0 spiro atoms. The van der Waals surface area contributed by atoms with Gasteiger partial charge in [-0.05, 0) is 48.2 Å². The Hall–Kier alpha value is -3.32. The molecule has 0 saturated carbocycles. The summed E-state index contributed by atoms with van der Waals surface area (Å²) in [5, 5.41) is 8.88. The van der Waals surface area contributed by atoms with Crippen molar-refractivity contribution in [3.8, 4) is 0 Å². The Morgan fingerprint density at radius 1 is 0.967 bits per heavy atom. The fourth-order valence-corrected chi connectivity index (χ4v) is 4.54. The van der Waals surface area contributed by atoms with Gasteiger partial charge in [-0.1, -0.05) is 48.2 Å². The van der Waals surface area contributed by atoms with Crippen LogP contribution in [0.5, 0.6) is 0 Å². The van der Waals surface area contributed by atoms with Crippen LogP contribution in [0, 0.1) is 0 Å². The van der Waals surface area contributed by atoms with Gasteiger partial charge in [0.1, 0.15) is 12.1 Å². The number of rotatable bonds is 5. The van der Waals surface area contributed by atoms with E-state index in [1.807, 2.05) is 58.0 Å². The maximum Gasteiger partial charge on any atom is 0.242 e. The van der Waals surface area contributed by atoms with Gasteiger partial charge in [-0.15, -0.1) is 10.2 Å². The van der Waals surface area contributed by atoms with Crippen molar-refractivity contribution in [2.75, 3.05) is 10.7 Å². The summed E-state index contributed by atoms with van der Waals surface area (Å²) in [7, 11) is 0. The molecule has 3 heterocycles. The number of para-hydroxylation sites is 2. The Labute approximate surface area is 178 Å². The molecule has 0 fully saturated rings. The van der Waals surface area contributed by atoms with Crippen LogP contribution in [0.1, 0.15) is 16.9 Å². The number of amides is 1. The molecular formula is C23H20N4O2S. The number of nitrogens with zero attached hydrogens (tertiary/aromatic N) is 4. The molecule has 2 aromatic heterocycles. The smallest absolute Gasteiger partial charge is 0.242 e. The molecule has 0 N–H and O–H groups in total. The van der Waals surface area contributed by atoms with Crippen molar-refractivity contribution in [3.05, 3.63) is 90.1 Å². The van der Waals surface area contributed by atoms with E-state index < -0.39 is 0 Å². The van der Waals surface area contributed by atoms with Crippen molar-refractivity contribution >= 4 is 29.0 Å². The number of hydrogen-bond acceptors (Lipinski definition) is 5. The Kier molecular flexibility index (Phi) is 5.11. The van der Waals surface area contributed by atoms with E-state index in [1.54, 1.807) is 12.6 Å². The van der Waals surface area contributed by atoms with Crippen LogP contribution in [0.3, 0.4) is 0 Å². The summed E-state index contributed by atoms with van der Waals surface area (Å²) in [6.45, 7) is 0.534. The fourth-order valence-electron chi connectivity index (χ4n) is 3.77. The van der Waals surface area contributed by atoms with Gasteiger partial charge in [0.05, 0.1) is 29.9 Å². The van der Waals surface area contributed by atoms with E-state index >= 15 is 0 Å². The van der Waals surface area contributed by atoms with Gasteiger partial charge in [0.25, 0.3) is 0 Å². The predicted octanol–water partition coefficient (Wildman–Crippen LogP) is 4.48. The van der Waals surface area contributed by atoms with Gasteiger partial charge in [0, 0.05) is 0 Å². The lowest BCUT2D eigenvalue weighted by Crippen LogP contribution is -2.28. The van der Waals surface area contributed by atoms with Crippen molar-refractivity contribution in [3.63, 3.8) is 0 Å². The van der Waals surface area contributed by atoms with Crippen molar-refractivity contribution in [2.24, 2.45) is 0 Å². The summed E-state index contributed by atoms with van der Waals surface area (Å²) in [5.74, 6) is 1.10. The summed E-state index contributed by atoms with van der Waals surface area (Å²) >= 11 is 1.39. The average Bonchev–Trinajstić information content (AvgIpc) is 3.41. The van der Waals surface area contributed by atoms with E-state index in [0.29, 0.717) is 11.7 Å². The average molecular weight is 417 g/mol. The highest BCUT2D eigenvalue weighted by molar-refractivity contribution is 7.99. The predicted molar refractivity (Wildman–Crippen MR) is 116 cm³/mol. The second kappa shape index (κ2) is 8.20. The van der Waals surface area contributed by atoms with Gasteiger partial charge < -0.3 is 8.98 Å². The molecule has 1 amide bonds. The zero-order valence-corrected chi connectivity index (χ0v) is 17.1. The van der Waals surface area contributed by atoms with Gasteiger partial charge in [0.2, 0.25) is 5.91 Å². The monoisotopic (exact) mass is 416 g/mol. The Bertz CT molecular complexity index is 1120. The number of anilines is 2. The van der Waals surface area contributed by atoms with Crippen LogP contribution in [-0.2, 0) is 24.2 Å². The van der Waals surface area contributed by atoms with Crippen LogP contribution in [-0.4, -0.2) is 26.4 Å². The molecule has 0 unspecified atom stereocenters. The van der Waals surface area contributed by atoms with Gasteiger partial charge in [0.15, 0.2) is 5.16 Å². The molecule has 5 rings (SSSR count). The second-order valence-electron chi connectivity index (χ2n) is 7.10. The van der Waals surface area contributed by atoms with Crippen molar-refractivity contribution < 1.29 is 9.21 Å². The normalized spacial score (nSPS) is 12.9. The first-order valence-corrected chi connectivity index (χ1v) is 10.8. The number of benzene rings is 2. The Balaban J connectivity index is 1.40. The van der Waals surface area contributed by atoms with E-state index in [0.717, 1.165) is 30.0 Å². The van der Waals surface area contributed by atoms with Gasteiger partial charge in [-0.2, -0.15) is 0 Å². The molecule has 4 aromatic rings. The summed E-state index contributed by atoms with van der Waals surface area (Å²) in [4.78, 5) is 15.3. The summed E-state index contributed by atoms with van der Waals surface area (Å²) in [6, 6.07) is 20.1. The number of carbonyl (C=O) groups is 1. The second-order valence-corrected chi connectivity index (χ2v) is 8.04. The first kappa shape index (κ1) is 18.7. The van der Waals surface area contributed by atoms with Crippen LogP contribution >= 0.6 is 11.8 Å². The van der Waals surface area contributed by atoms with Gasteiger partial charge in [-0.3, -0.25) is 9.69 Å². The third-order valence-corrected chi connectivity index (χ3v) is 6.15. The number of furan rings is 1. The molecule has 1 aliphatic heterocycles. The maximum atomic E-state index is 13.4. The van der Waals surface area contributed by atoms with Crippen LogP contribution in [0.15, 0.2) is 82.8 Å². The minimum atomic E-state index is 0.0225. The van der Waals surface area contributed by atoms with Crippen molar-refractivity contribution in [1.82, 2.24) is 14.8 Å². The zero-order valence-electron chi connectivity index (χ0n) is 16.3. The zero-order chi connectivity index (χ0) is 20.3. The Morgan fingerprint density at radius 3 is 2.33 bits per heavy atom. The van der Waals surface area contributed by atoms with E-state index in [-0.39, 0.29) is 11.7 Å². The molecule has 2 aromatic carbocycles. The van der Waals surface area contributed by atoms with E-state index in [2.05, 4.69) is 22.3 Å². The largest absolute Gasteiger partial charge is 0.467 e. The number of aromatic nitrogens is 3. The first-order valence-electron chi connectivity index (χ1n) is 9.81. The lowest BCUT2D eigenvalue weighted by Gasteiger charge is -2.24. The van der Waals surface area contributed by atoms with Crippen molar-refractivity contribution in [1.29, 1.82) is 0 Å². The SMILES string of the molecule is O=C(CSc1nncn1Cc1ccco1)N1c2ccccc2CCc2ccccc21. The molecule has 7 heteroatoms. The van der Waals surface area contributed by atoms with Gasteiger partial charge in [-0.25, -0.2) is 0 Å². The third-order valence-electron chi connectivity index (χ3n) is 5.19. The molecule has 0 bridgehead atoms. The highest BCUT2D eigenvalue weighted by Crippen LogP contribution is 2.36. The van der Waals surface area contributed by atoms with Gasteiger partial charge >= 0.3 is 0 Å². The minimum Gasteiger partial charge on any atom is -0.467 e. The first-order chi connectivity index (χ1) is 14.8. The molecule has 6 nitrogen and oxygen atoms in total. The quantitative estimate of drug-likeness (QED) is 0.449. The Morgan fingerprint density at radius 2 is 1.67 bits per heavy atom. The van der Waals surface area contributed by atoms with Crippen molar-refractivity contribution in [2.45, 2.75) is 24.5 Å². The summed E-state index contributed by atoms with van der Waals surface area (Å²) in [6.07, 6.45) is 5.14. The highest BCUT2D eigenvalue weighted by atomic mass is 32.2. The topological polar surface area (TPSA) is 64.2 Å². The number of carbonyl (C=O) groups excluding carboxylic acids is 1. The molecule has 0 atom stereocenters. The lowest BCUT2D eigenvalue weighted by molar-refractivity contribution is -0.115. The molecule has 0 radical (unpaired) electrons. The highest BCUT2D eigenvalue weighted by Gasteiger charge is 2.26. The summed E-state index contributed by atoms with van der Waals surface area (Å²) < 4.78 is 7.30. The van der Waals surface area contributed by atoms with Crippen LogP contribution in [0.4, 0.5) is 11.4 Å². The standard InChI is InChI=1S/C23H20N4O2S/c28-22(15-30-23-25-24-16-26(23)14-19-8-5-13-29-19)27-20-9-3-1-6-17(20)11-12-18-7-2-4-10-21(18)27/h1-10,13,16H,11-12,14-15H2. The summed E-state index contributed by atoms with van der Waals surface area (Å²) in [5.41, 5.74) is 4.30. The maximum absolute atomic E-state index is 13.4. The third kappa shape index (κ3) is 3.64. The fraction of sp³-hybridized carbons (Fsp3) is 0.174. The number of hydrogen-bond donors (Lipinski definition) is 0. The van der Waals surface area contributed by atoms with E-state index in [9.17, 15) is 4.79 Å². The number of thioether (sulfide) groups is 1. The van der Waals surface area contributed by atoms with E-state index in [4.69, 9.17) is 4.42 Å². The van der Waals surface area contributed by atoms with Crippen LogP contribution in [0.25, 0.3) is 0 Å². The molecule has 0 saturated heterocycles. The minimum absolute atomic E-state index is 0.0225. The molecule has 150 valence electrons. The lowest BCUT2D eigenvalue weighted by atomic mass is 10.0. The van der Waals surface area contributed by atoms with Crippen LogP contribution in [0.2, 0.25) is 0 Å². The molecule has 1 aliphatic rings. The molecule has 0 aliphatic carbocycles. The van der Waals surface area contributed by atoms with Crippen LogP contribution < -0.4 is 4.90 Å². The number of aryl methyl sites for hydroxylation is 2. The number of fused-ring (bicyclic) bond motifs is 2.